The minimum atomic E-state index is -0.893. The van der Waals surface area contributed by atoms with Crippen LogP contribution in [0.2, 0.25) is 0 Å². The van der Waals surface area contributed by atoms with E-state index in [0.717, 1.165) is 37.4 Å². The number of hydrogen-bond acceptors (Lipinski definition) is 4. The van der Waals surface area contributed by atoms with Gasteiger partial charge >= 0.3 is 6.03 Å². The number of benzene rings is 1. The molecule has 4 atom stereocenters. The van der Waals surface area contributed by atoms with Crippen molar-refractivity contribution in [2.75, 3.05) is 18.4 Å². The monoisotopic (exact) mass is 425 g/mol. The number of carbonyl (C=O) groups is 2. The molecule has 8 nitrogen and oxygen atoms in total. The molecule has 3 amide bonds. The van der Waals surface area contributed by atoms with Crippen molar-refractivity contribution in [3.63, 3.8) is 0 Å². The third kappa shape index (κ3) is 4.58. The molecule has 0 unspecified atom stereocenters. The molecule has 1 aromatic carbocycles. The Morgan fingerprint density at radius 3 is 2.55 bits per heavy atom. The fourth-order valence-corrected chi connectivity index (χ4v) is 4.69. The van der Waals surface area contributed by atoms with Gasteiger partial charge in [-0.25, -0.2) is 9.78 Å². The molecule has 31 heavy (non-hydrogen) atoms. The van der Waals surface area contributed by atoms with Crippen LogP contribution in [0.25, 0.3) is 0 Å². The largest absolute Gasteiger partial charge is 0.392 e. The molecule has 1 saturated carbocycles. The molecule has 4 N–H and O–H groups in total. The van der Waals surface area contributed by atoms with E-state index in [0.29, 0.717) is 12.1 Å². The number of hydrogen-bond donors (Lipinski definition) is 4. The molecular formula is C23H31N5O3. The van der Waals surface area contributed by atoms with E-state index in [9.17, 15) is 14.7 Å². The van der Waals surface area contributed by atoms with E-state index in [1.807, 2.05) is 49.1 Å². The predicted octanol–water partition coefficient (Wildman–Crippen LogP) is 2.81. The Morgan fingerprint density at radius 1 is 1.19 bits per heavy atom. The molecule has 8 heteroatoms. The number of carbonyl (C=O) groups excluding carboxylic acids is 2. The van der Waals surface area contributed by atoms with Crippen LogP contribution in [0.5, 0.6) is 0 Å². The summed E-state index contributed by atoms with van der Waals surface area (Å²) in [5.74, 6) is 0.0338. The van der Waals surface area contributed by atoms with Crippen molar-refractivity contribution in [3.8, 4) is 0 Å². The van der Waals surface area contributed by atoms with Gasteiger partial charge in [-0.3, -0.25) is 4.79 Å². The first-order valence-corrected chi connectivity index (χ1v) is 11.1. The standard InChI is InChI=1S/C23H31N5O3/c1-14(2)21-24-13-18(26-21)19-17(27-23(31)25-15-8-4-3-5-9-15)12-16(20(19)29)22(30)28-10-6-7-11-28/h3-5,8-9,13-14,16-17,19-20,29H,6-7,10-12H2,1-2H3,(H,24,26)(H2,25,27,31)/t16-,17+,19+,20+/m0/s1. The lowest BCUT2D eigenvalue weighted by Crippen LogP contribution is -2.41. The highest BCUT2D eigenvalue weighted by Gasteiger charge is 2.49. The first-order chi connectivity index (χ1) is 14.9. The van der Waals surface area contributed by atoms with Gasteiger partial charge < -0.3 is 25.6 Å². The number of amides is 3. The van der Waals surface area contributed by atoms with E-state index in [2.05, 4.69) is 20.6 Å². The number of H-pyrrole nitrogens is 1. The zero-order valence-corrected chi connectivity index (χ0v) is 18.0. The molecule has 0 bridgehead atoms. The van der Waals surface area contributed by atoms with Gasteiger partial charge in [-0.2, -0.15) is 0 Å². The summed E-state index contributed by atoms with van der Waals surface area (Å²) in [4.78, 5) is 35.3. The number of aromatic amines is 1. The maximum absolute atomic E-state index is 13.1. The van der Waals surface area contributed by atoms with Crippen LogP contribution in [0.15, 0.2) is 36.5 Å². The topological polar surface area (TPSA) is 110 Å². The SMILES string of the molecule is CC(C)c1ncc([C@@H]2[C@H](O)[C@@H](C(=O)N3CCCC3)C[C@H]2NC(=O)Nc2ccccc2)[nH]1. The highest BCUT2D eigenvalue weighted by Crippen LogP contribution is 2.40. The van der Waals surface area contributed by atoms with Gasteiger partial charge in [0.2, 0.25) is 5.91 Å². The summed E-state index contributed by atoms with van der Waals surface area (Å²) in [5.41, 5.74) is 1.43. The second-order valence-electron chi connectivity index (χ2n) is 8.84. The molecule has 2 aliphatic rings. The van der Waals surface area contributed by atoms with Crippen molar-refractivity contribution in [2.24, 2.45) is 5.92 Å². The van der Waals surface area contributed by atoms with Gasteiger partial charge in [0.05, 0.1) is 12.0 Å². The molecule has 1 saturated heterocycles. The van der Waals surface area contributed by atoms with E-state index in [-0.39, 0.29) is 17.9 Å². The van der Waals surface area contributed by atoms with Crippen molar-refractivity contribution in [3.05, 3.63) is 48.0 Å². The summed E-state index contributed by atoms with van der Waals surface area (Å²) in [6.07, 6.45) is 3.21. The molecule has 2 heterocycles. The Bertz CT molecular complexity index is 907. The summed E-state index contributed by atoms with van der Waals surface area (Å²) in [6, 6.07) is 8.45. The average molecular weight is 426 g/mol. The molecule has 2 fully saturated rings. The van der Waals surface area contributed by atoms with Crippen LogP contribution >= 0.6 is 0 Å². The minimum absolute atomic E-state index is 0.0219. The van der Waals surface area contributed by atoms with Gasteiger partial charge in [-0.15, -0.1) is 0 Å². The van der Waals surface area contributed by atoms with Crippen molar-refractivity contribution in [1.29, 1.82) is 0 Å². The highest BCUT2D eigenvalue weighted by atomic mass is 16.3. The van der Waals surface area contributed by atoms with Gasteiger partial charge in [0.15, 0.2) is 0 Å². The summed E-state index contributed by atoms with van der Waals surface area (Å²) in [6.45, 7) is 5.55. The van der Waals surface area contributed by atoms with Crippen LogP contribution in [-0.2, 0) is 4.79 Å². The number of urea groups is 1. The lowest BCUT2D eigenvalue weighted by atomic mass is 9.96. The van der Waals surface area contributed by atoms with Gasteiger partial charge in [0, 0.05) is 48.5 Å². The minimum Gasteiger partial charge on any atom is -0.392 e. The van der Waals surface area contributed by atoms with Gasteiger partial charge in [-0.1, -0.05) is 32.0 Å². The van der Waals surface area contributed by atoms with Crippen LogP contribution in [0.3, 0.4) is 0 Å². The Morgan fingerprint density at radius 2 is 1.90 bits per heavy atom. The maximum atomic E-state index is 13.1. The summed E-state index contributed by atoms with van der Waals surface area (Å²) in [5, 5.41) is 17.0. The second-order valence-corrected chi connectivity index (χ2v) is 8.84. The smallest absolute Gasteiger partial charge is 0.319 e. The number of imidazole rings is 1. The summed E-state index contributed by atoms with van der Waals surface area (Å²) in [7, 11) is 0. The molecule has 0 radical (unpaired) electrons. The first-order valence-electron chi connectivity index (χ1n) is 11.1. The van der Waals surface area contributed by atoms with Gasteiger partial charge in [0.1, 0.15) is 5.82 Å². The van der Waals surface area contributed by atoms with E-state index < -0.39 is 24.0 Å². The van der Waals surface area contributed by atoms with Crippen LogP contribution < -0.4 is 10.6 Å². The molecule has 0 spiro atoms. The van der Waals surface area contributed by atoms with Crippen LogP contribution in [-0.4, -0.2) is 57.1 Å². The molecule has 166 valence electrons. The zero-order chi connectivity index (χ0) is 22.0. The second kappa shape index (κ2) is 9.09. The number of para-hydroxylation sites is 1. The highest BCUT2D eigenvalue weighted by molar-refractivity contribution is 5.89. The quantitative estimate of drug-likeness (QED) is 0.590. The van der Waals surface area contributed by atoms with E-state index in [4.69, 9.17) is 0 Å². The number of nitrogens with one attached hydrogen (secondary N) is 3. The lowest BCUT2D eigenvalue weighted by Gasteiger charge is -2.24. The number of aliphatic hydroxyl groups is 1. The first kappa shape index (κ1) is 21.4. The van der Waals surface area contributed by atoms with Crippen molar-refractivity contribution >= 4 is 17.6 Å². The van der Waals surface area contributed by atoms with E-state index in [1.54, 1.807) is 6.20 Å². The number of aromatic nitrogens is 2. The van der Waals surface area contributed by atoms with Crippen molar-refractivity contribution < 1.29 is 14.7 Å². The molecule has 2 aromatic rings. The summed E-state index contributed by atoms with van der Waals surface area (Å²) < 4.78 is 0. The Labute approximate surface area is 182 Å². The number of aliphatic hydroxyl groups excluding tert-OH is 1. The molecule has 1 aromatic heterocycles. The molecule has 1 aliphatic heterocycles. The maximum Gasteiger partial charge on any atom is 0.319 e. The number of likely N-dealkylation sites (tertiary alicyclic amines) is 1. The normalized spacial score (nSPS) is 25.7. The molecular weight excluding hydrogens is 394 g/mol. The third-order valence-electron chi connectivity index (χ3n) is 6.33. The van der Waals surface area contributed by atoms with Crippen LogP contribution in [0, 0.1) is 5.92 Å². The summed E-state index contributed by atoms with van der Waals surface area (Å²) >= 11 is 0. The number of anilines is 1. The molecule has 4 rings (SSSR count). The fourth-order valence-electron chi connectivity index (χ4n) is 4.69. The van der Waals surface area contributed by atoms with Crippen molar-refractivity contribution in [2.45, 2.75) is 57.1 Å². The fraction of sp³-hybridized carbons (Fsp3) is 0.522. The van der Waals surface area contributed by atoms with Gasteiger partial charge in [-0.05, 0) is 31.4 Å². The zero-order valence-electron chi connectivity index (χ0n) is 18.0. The van der Waals surface area contributed by atoms with Crippen LogP contribution in [0.4, 0.5) is 10.5 Å². The Kier molecular flexibility index (Phi) is 6.27. The average Bonchev–Trinajstić information content (AvgIpc) is 3.48. The van der Waals surface area contributed by atoms with Crippen LogP contribution in [0.1, 0.15) is 56.5 Å². The number of rotatable bonds is 5. The lowest BCUT2D eigenvalue weighted by molar-refractivity contribution is -0.137. The Balaban J connectivity index is 1.54. The van der Waals surface area contributed by atoms with E-state index >= 15 is 0 Å². The van der Waals surface area contributed by atoms with E-state index in [1.165, 1.54) is 0 Å². The van der Waals surface area contributed by atoms with Gasteiger partial charge in [0.25, 0.3) is 0 Å². The number of nitrogens with zero attached hydrogens (tertiary/aromatic N) is 2. The third-order valence-corrected chi connectivity index (χ3v) is 6.33. The predicted molar refractivity (Wildman–Crippen MR) is 118 cm³/mol. The van der Waals surface area contributed by atoms with Crippen molar-refractivity contribution in [1.82, 2.24) is 20.2 Å². The Hall–Kier alpha value is -2.87. The molecule has 1 aliphatic carbocycles.